The highest BCUT2D eigenvalue weighted by atomic mass is 16.7. The Bertz CT molecular complexity index is 263. The van der Waals surface area contributed by atoms with Gasteiger partial charge in [0.15, 0.2) is 6.29 Å². The van der Waals surface area contributed by atoms with Crippen molar-refractivity contribution in [2.45, 2.75) is 51.4 Å². The normalized spacial score (nSPS) is 21.5. The molecule has 0 aromatic rings. The van der Waals surface area contributed by atoms with Crippen molar-refractivity contribution in [3.8, 4) is 5.92 Å². The molecular weight excluding hydrogens is 220 g/mol. The van der Waals surface area contributed by atoms with Crippen LogP contribution in [0.15, 0.2) is 0 Å². The van der Waals surface area contributed by atoms with Crippen molar-refractivity contribution in [3.63, 3.8) is 0 Å². The first-order chi connectivity index (χ1) is 8.26. The second-order valence-electron chi connectivity index (χ2n) is 3.93. The van der Waals surface area contributed by atoms with E-state index in [1.807, 2.05) is 0 Å². The SMILES string of the molecule is [C]#CC(CCOC(=O)CC)OC1CCCCO1. The predicted molar refractivity (Wildman–Crippen MR) is 61.5 cm³/mol. The molecule has 0 spiro atoms. The van der Waals surface area contributed by atoms with Gasteiger partial charge in [0.05, 0.1) is 6.61 Å². The average Bonchev–Trinajstić information content (AvgIpc) is 2.38. The lowest BCUT2D eigenvalue weighted by Gasteiger charge is -2.25. The summed E-state index contributed by atoms with van der Waals surface area (Å²) in [6, 6.07) is 0. The summed E-state index contributed by atoms with van der Waals surface area (Å²) in [7, 11) is 0. The number of hydrogen-bond donors (Lipinski definition) is 0. The highest BCUT2D eigenvalue weighted by Crippen LogP contribution is 2.16. The number of carbonyl (C=O) groups is 1. The van der Waals surface area contributed by atoms with Crippen LogP contribution in [0.3, 0.4) is 0 Å². The molecule has 0 aromatic heterocycles. The standard InChI is InChI=1S/C13H19O4/c1-3-11(8-10-15-12(14)4-2)17-13-7-5-6-9-16-13/h11,13H,4-10H2,2H3. The van der Waals surface area contributed by atoms with Gasteiger partial charge in [0.2, 0.25) is 0 Å². The van der Waals surface area contributed by atoms with E-state index >= 15 is 0 Å². The number of hydrogen-bond acceptors (Lipinski definition) is 4. The molecule has 4 nitrogen and oxygen atoms in total. The van der Waals surface area contributed by atoms with Crippen LogP contribution in [-0.4, -0.2) is 31.6 Å². The minimum absolute atomic E-state index is 0.234. The first kappa shape index (κ1) is 14.0. The van der Waals surface area contributed by atoms with E-state index in [-0.39, 0.29) is 18.9 Å². The van der Waals surface area contributed by atoms with Crippen LogP contribution in [0, 0.1) is 12.3 Å². The molecule has 0 aliphatic carbocycles. The Hall–Kier alpha value is -1.05. The van der Waals surface area contributed by atoms with Crippen molar-refractivity contribution in [1.29, 1.82) is 0 Å². The van der Waals surface area contributed by atoms with Gasteiger partial charge in [-0.1, -0.05) is 12.8 Å². The molecule has 0 amide bonds. The largest absolute Gasteiger partial charge is 0.466 e. The second-order valence-corrected chi connectivity index (χ2v) is 3.93. The Balaban J connectivity index is 2.19. The fraction of sp³-hybridized carbons (Fsp3) is 0.769. The van der Waals surface area contributed by atoms with Gasteiger partial charge < -0.3 is 14.2 Å². The van der Waals surface area contributed by atoms with Crippen LogP contribution in [0.25, 0.3) is 0 Å². The van der Waals surface area contributed by atoms with Gasteiger partial charge >= 0.3 is 5.97 Å². The van der Waals surface area contributed by atoms with Gasteiger partial charge in [-0.25, -0.2) is 0 Å². The zero-order chi connectivity index (χ0) is 12.5. The molecule has 2 unspecified atom stereocenters. The van der Waals surface area contributed by atoms with Crippen LogP contribution in [0.2, 0.25) is 0 Å². The molecule has 1 heterocycles. The lowest BCUT2D eigenvalue weighted by atomic mass is 10.2. The third-order valence-electron chi connectivity index (χ3n) is 2.55. The third kappa shape index (κ3) is 5.71. The molecule has 1 aliphatic heterocycles. The summed E-state index contributed by atoms with van der Waals surface area (Å²) in [5.74, 6) is 2.06. The summed E-state index contributed by atoms with van der Waals surface area (Å²) < 4.78 is 15.9. The van der Waals surface area contributed by atoms with E-state index in [2.05, 4.69) is 5.92 Å². The van der Waals surface area contributed by atoms with Crippen molar-refractivity contribution in [3.05, 3.63) is 6.42 Å². The van der Waals surface area contributed by atoms with Crippen molar-refractivity contribution in [2.24, 2.45) is 0 Å². The minimum Gasteiger partial charge on any atom is -0.466 e. The molecule has 1 radical (unpaired) electrons. The maximum Gasteiger partial charge on any atom is 0.305 e. The van der Waals surface area contributed by atoms with Gasteiger partial charge in [0.1, 0.15) is 6.10 Å². The molecule has 0 saturated carbocycles. The Morgan fingerprint density at radius 2 is 2.41 bits per heavy atom. The van der Waals surface area contributed by atoms with Gasteiger partial charge in [0.25, 0.3) is 0 Å². The Morgan fingerprint density at radius 1 is 1.59 bits per heavy atom. The zero-order valence-electron chi connectivity index (χ0n) is 10.2. The summed E-state index contributed by atoms with van der Waals surface area (Å²) in [6.07, 6.45) is 10.3. The van der Waals surface area contributed by atoms with Crippen LogP contribution in [0.5, 0.6) is 0 Å². The van der Waals surface area contributed by atoms with Crippen LogP contribution < -0.4 is 0 Å². The third-order valence-corrected chi connectivity index (χ3v) is 2.55. The van der Waals surface area contributed by atoms with E-state index < -0.39 is 6.10 Å². The molecular formula is C13H19O4. The average molecular weight is 239 g/mol. The maximum atomic E-state index is 10.9. The smallest absolute Gasteiger partial charge is 0.305 e. The molecule has 0 bridgehead atoms. The quantitative estimate of drug-likeness (QED) is 0.524. The molecule has 0 aromatic carbocycles. The van der Waals surface area contributed by atoms with E-state index in [4.69, 9.17) is 20.6 Å². The highest BCUT2D eigenvalue weighted by Gasteiger charge is 2.18. The topological polar surface area (TPSA) is 44.8 Å². The van der Waals surface area contributed by atoms with Gasteiger partial charge in [-0.3, -0.25) is 4.79 Å². The van der Waals surface area contributed by atoms with Crippen molar-refractivity contribution >= 4 is 5.97 Å². The van der Waals surface area contributed by atoms with Crippen molar-refractivity contribution < 1.29 is 19.0 Å². The number of carbonyl (C=O) groups excluding carboxylic acids is 1. The summed E-state index contributed by atoms with van der Waals surface area (Å²) >= 11 is 0. The number of rotatable bonds is 6. The molecule has 1 fully saturated rings. The monoisotopic (exact) mass is 239 g/mol. The molecule has 2 atom stereocenters. The molecule has 1 rings (SSSR count). The number of esters is 1. The van der Waals surface area contributed by atoms with Crippen molar-refractivity contribution in [1.82, 2.24) is 0 Å². The molecule has 1 saturated heterocycles. The van der Waals surface area contributed by atoms with Crippen LogP contribution in [0.4, 0.5) is 0 Å². The lowest BCUT2D eigenvalue weighted by Crippen LogP contribution is -2.28. The van der Waals surface area contributed by atoms with Gasteiger partial charge in [-0.2, -0.15) is 0 Å². The van der Waals surface area contributed by atoms with E-state index in [0.717, 1.165) is 19.3 Å². The predicted octanol–water partition coefficient (Wildman–Crippen LogP) is 1.83. The van der Waals surface area contributed by atoms with E-state index in [1.165, 1.54) is 0 Å². The zero-order valence-corrected chi connectivity index (χ0v) is 10.2. The molecule has 17 heavy (non-hydrogen) atoms. The first-order valence-corrected chi connectivity index (χ1v) is 6.11. The highest BCUT2D eigenvalue weighted by molar-refractivity contribution is 5.68. The lowest BCUT2D eigenvalue weighted by molar-refractivity contribution is -0.179. The van der Waals surface area contributed by atoms with Crippen LogP contribution >= 0.6 is 0 Å². The fourth-order valence-electron chi connectivity index (χ4n) is 1.56. The summed E-state index contributed by atoms with van der Waals surface area (Å²) in [6.45, 7) is 2.71. The van der Waals surface area contributed by atoms with Crippen LogP contribution in [0.1, 0.15) is 39.0 Å². The summed E-state index contributed by atoms with van der Waals surface area (Å²) in [4.78, 5) is 10.9. The number of ether oxygens (including phenoxy) is 3. The van der Waals surface area contributed by atoms with E-state index in [0.29, 0.717) is 19.4 Å². The van der Waals surface area contributed by atoms with Gasteiger partial charge in [-0.15, -0.1) is 0 Å². The molecule has 1 aliphatic rings. The van der Waals surface area contributed by atoms with Crippen molar-refractivity contribution in [2.75, 3.05) is 13.2 Å². The van der Waals surface area contributed by atoms with Gasteiger partial charge in [0, 0.05) is 19.4 Å². The van der Waals surface area contributed by atoms with Crippen LogP contribution in [-0.2, 0) is 19.0 Å². The van der Waals surface area contributed by atoms with E-state index in [9.17, 15) is 4.79 Å². The Labute approximate surface area is 103 Å². The molecule has 0 N–H and O–H groups in total. The molecule has 4 heteroatoms. The van der Waals surface area contributed by atoms with Gasteiger partial charge in [-0.05, 0) is 25.7 Å². The second kappa shape index (κ2) is 8.10. The molecule has 95 valence electrons. The summed E-state index contributed by atoms with van der Waals surface area (Å²) in [5, 5.41) is 0. The Morgan fingerprint density at radius 3 is 3.00 bits per heavy atom. The summed E-state index contributed by atoms with van der Waals surface area (Å²) in [5.41, 5.74) is 0. The maximum absolute atomic E-state index is 10.9. The first-order valence-electron chi connectivity index (χ1n) is 6.11. The van der Waals surface area contributed by atoms with E-state index in [1.54, 1.807) is 6.92 Å². The fourth-order valence-corrected chi connectivity index (χ4v) is 1.56. The minimum atomic E-state index is -0.456. The Kier molecular flexibility index (Phi) is 6.68.